The van der Waals surface area contributed by atoms with Gasteiger partial charge in [-0.15, -0.1) is 0 Å². The summed E-state index contributed by atoms with van der Waals surface area (Å²) in [6.07, 6.45) is -1.57. The van der Waals surface area contributed by atoms with Crippen molar-refractivity contribution in [2.45, 2.75) is 10.0 Å². The number of aliphatic hydroxyl groups excluding tert-OH is 1. The summed E-state index contributed by atoms with van der Waals surface area (Å²) in [4.78, 5) is 22.7. The molecule has 0 aliphatic carbocycles. The topological polar surface area (TPSA) is 102 Å². The van der Waals surface area contributed by atoms with Gasteiger partial charge < -0.3 is 20.9 Å². The van der Waals surface area contributed by atoms with Crippen molar-refractivity contribution in [3.05, 3.63) is 29.3 Å². The van der Waals surface area contributed by atoms with Crippen LogP contribution in [0.1, 0.15) is 20.7 Å². The van der Waals surface area contributed by atoms with E-state index >= 15 is 0 Å². The molecule has 110 valence electrons. The van der Waals surface area contributed by atoms with E-state index in [2.05, 4.69) is 10.1 Å². The maximum atomic E-state index is 11.4. The summed E-state index contributed by atoms with van der Waals surface area (Å²) in [5, 5.41) is 12.0. The molecule has 4 N–H and O–H groups in total. The molecule has 1 amide bonds. The number of benzene rings is 1. The molecule has 0 aliphatic rings. The lowest BCUT2D eigenvalue weighted by Crippen LogP contribution is -2.34. The number of rotatable bonds is 4. The lowest BCUT2D eigenvalue weighted by atomic mass is 10.1. The maximum absolute atomic E-state index is 11.4. The van der Waals surface area contributed by atoms with Gasteiger partial charge in [-0.25, -0.2) is 4.79 Å². The fraction of sp³-hybridized carbons (Fsp3) is 0.273. The number of hydrogen-bond donors (Lipinski definition) is 3. The molecule has 6 nitrogen and oxygen atoms in total. The smallest absolute Gasteiger partial charge is 0.337 e. The Morgan fingerprint density at radius 1 is 1.40 bits per heavy atom. The average Bonchev–Trinajstić information content (AvgIpc) is 2.36. The number of anilines is 1. The van der Waals surface area contributed by atoms with Gasteiger partial charge in [-0.05, 0) is 18.2 Å². The first-order valence-corrected chi connectivity index (χ1v) is 6.33. The van der Waals surface area contributed by atoms with Crippen LogP contribution in [0.4, 0.5) is 5.69 Å². The Bertz CT molecular complexity index is 531. The number of nitrogens with one attached hydrogen (secondary N) is 1. The molecular formula is C11H11Cl3N2O4. The van der Waals surface area contributed by atoms with Crippen LogP contribution in [0.5, 0.6) is 0 Å². The van der Waals surface area contributed by atoms with Crippen LogP contribution in [0.25, 0.3) is 0 Å². The Kier molecular flexibility index (Phi) is 5.47. The fourth-order valence-corrected chi connectivity index (χ4v) is 1.51. The zero-order valence-corrected chi connectivity index (χ0v) is 12.5. The van der Waals surface area contributed by atoms with E-state index < -0.39 is 21.9 Å². The third-order valence-corrected chi connectivity index (χ3v) is 2.93. The molecule has 1 aromatic rings. The van der Waals surface area contributed by atoms with Crippen LogP contribution in [-0.2, 0) is 4.74 Å². The van der Waals surface area contributed by atoms with Gasteiger partial charge in [-0.2, -0.15) is 0 Å². The number of methoxy groups -OCH3 is 1. The van der Waals surface area contributed by atoms with E-state index in [9.17, 15) is 14.7 Å². The van der Waals surface area contributed by atoms with E-state index in [4.69, 9.17) is 40.5 Å². The lowest BCUT2D eigenvalue weighted by molar-refractivity contribution is 0.0601. The third-order valence-electron chi connectivity index (χ3n) is 2.31. The minimum atomic E-state index is -2.00. The number of esters is 1. The zero-order chi connectivity index (χ0) is 15.5. The number of amides is 1. The molecule has 0 spiro atoms. The van der Waals surface area contributed by atoms with Crippen LogP contribution in [0.2, 0.25) is 0 Å². The van der Waals surface area contributed by atoms with Gasteiger partial charge in [-0.1, -0.05) is 34.8 Å². The van der Waals surface area contributed by atoms with Gasteiger partial charge in [0.25, 0.3) is 5.91 Å². The minimum Gasteiger partial charge on any atom is -0.465 e. The summed E-state index contributed by atoms with van der Waals surface area (Å²) in [5.41, 5.74) is 5.38. The highest BCUT2D eigenvalue weighted by Crippen LogP contribution is 2.31. The van der Waals surface area contributed by atoms with Crippen molar-refractivity contribution >= 4 is 52.4 Å². The van der Waals surface area contributed by atoms with Crippen molar-refractivity contribution in [2.24, 2.45) is 5.73 Å². The number of primary amides is 1. The first-order valence-electron chi connectivity index (χ1n) is 5.20. The number of carbonyl (C=O) groups excluding carboxylic acids is 2. The van der Waals surface area contributed by atoms with Crippen molar-refractivity contribution in [1.29, 1.82) is 0 Å². The number of hydrogen-bond acceptors (Lipinski definition) is 5. The number of carbonyl (C=O) groups is 2. The van der Waals surface area contributed by atoms with Crippen LogP contribution in [-0.4, -0.2) is 34.1 Å². The van der Waals surface area contributed by atoms with Gasteiger partial charge in [0.1, 0.15) is 0 Å². The van der Waals surface area contributed by atoms with E-state index in [1.54, 1.807) is 0 Å². The predicted molar refractivity (Wildman–Crippen MR) is 76.2 cm³/mol. The molecule has 0 aromatic heterocycles. The Labute approximate surface area is 129 Å². The Morgan fingerprint density at radius 3 is 2.45 bits per heavy atom. The van der Waals surface area contributed by atoms with Gasteiger partial charge in [0.2, 0.25) is 3.79 Å². The van der Waals surface area contributed by atoms with Crippen molar-refractivity contribution in [1.82, 2.24) is 0 Å². The highest BCUT2D eigenvalue weighted by molar-refractivity contribution is 6.68. The first-order chi connectivity index (χ1) is 9.16. The third kappa shape index (κ3) is 4.14. The molecule has 0 bridgehead atoms. The molecule has 20 heavy (non-hydrogen) atoms. The summed E-state index contributed by atoms with van der Waals surface area (Å²) in [6, 6.07) is 3.92. The van der Waals surface area contributed by atoms with Crippen molar-refractivity contribution in [3.8, 4) is 0 Å². The van der Waals surface area contributed by atoms with E-state index in [0.29, 0.717) is 0 Å². The molecule has 0 fully saturated rings. The normalized spacial score (nSPS) is 12.7. The highest BCUT2D eigenvalue weighted by atomic mass is 35.6. The second kappa shape index (κ2) is 6.49. The van der Waals surface area contributed by atoms with Gasteiger partial charge in [-0.3, -0.25) is 4.79 Å². The molecular weight excluding hydrogens is 330 g/mol. The largest absolute Gasteiger partial charge is 0.465 e. The molecule has 0 saturated heterocycles. The monoisotopic (exact) mass is 340 g/mol. The number of aliphatic hydroxyl groups is 1. The van der Waals surface area contributed by atoms with E-state index in [0.717, 1.165) is 0 Å². The predicted octanol–water partition coefficient (Wildman–Crippen LogP) is 1.67. The van der Waals surface area contributed by atoms with Crippen LogP contribution in [0, 0.1) is 0 Å². The molecule has 1 rings (SSSR count). The standard InChI is InChI=1S/C11H11Cl3N2O4/c1-20-9(18)5-2-3-7(6(4-5)8(15)17)16-10(19)11(12,13)14/h2-4,10,16,19H,1H3,(H2,15,17). The van der Waals surface area contributed by atoms with E-state index in [-0.39, 0.29) is 16.8 Å². The molecule has 1 atom stereocenters. The second-order valence-electron chi connectivity index (χ2n) is 3.70. The van der Waals surface area contributed by atoms with Crippen LogP contribution in [0.3, 0.4) is 0 Å². The molecule has 0 aliphatic heterocycles. The van der Waals surface area contributed by atoms with E-state index in [1.807, 2.05) is 0 Å². The summed E-state index contributed by atoms with van der Waals surface area (Å²) in [6.45, 7) is 0. The molecule has 9 heteroatoms. The Hall–Kier alpha value is -1.21. The fourth-order valence-electron chi connectivity index (χ4n) is 1.35. The second-order valence-corrected chi connectivity index (χ2v) is 6.07. The van der Waals surface area contributed by atoms with Crippen LogP contribution >= 0.6 is 34.8 Å². The molecule has 0 heterocycles. The Morgan fingerprint density at radius 2 is 2.00 bits per heavy atom. The maximum Gasteiger partial charge on any atom is 0.337 e. The van der Waals surface area contributed by atoms with Crippen LogP contribution < -0.4 is 11.1 Å². The van der Waals surface area contributed by atoms with Crippen molar-refractivity contribution in [2.75, 3.05) is 12.4 Å². The number of nitrogens with two attached hydrogens (primary N) is 1. The average molecular weight is 342 g/mol. The van der Waals surface area contributed by atoms with Crippen molar-refractivity contribution < 1.29 is 19.4 Å². The zero-order valence-electron chi connectivity index (χ0n) is 10.2. The quantitative estimate of drug-likeness (QED) is 0.439. The van der Waals surface area contributed by atoms with Crippen LogP contribution in [0.15, 0.2) is 18.2 Å². The van der Waals surface area contributed by atoms with Gasteiger partial charge in [0, 0.05) is 5.69 Å². The summed E-state index contributed by atoms with van der Waals surface area (Å²) < 4.78 is 2.52. The van der Waals surface area contributed by atoms with E-state index in [1.165, 1.54) is 25.3 Å². The number of alkyl halides is 3. The highest BCUT2D eigenvalue weighted by Gasteiger charge is 2.31. The molecule has 0 saturated carbocycles. The molecule has 1 unspecified atom stereocenters. The lowest BCUT2D eigenvalue weighted by Gasteiger charge is -2.22. The summed E-state index contributed by atoms with van der Waals surface area (Å²) in [5.74, 6) is -1.46. The molecule has 1 aromatic carbocycles. The summed E-state index contributed by atoms with van der Waals surface area (Å²) in [7, 11) is 1.20. The first kappa shape index (κ1) is 16.8. The Balaban J connectivity index is 3.14. The minimum absolute atomic E-state index is 0.0544. The summed E-state index contributed by atoms with van der Waals surface area (Å²) >= 11 is 16.5. The SMILES string of the molecule is COC(=O)c1ccc(NC(O)C(Cl)(Cl)Cl)c(C(N)=O)c1. The van der Waals surface area contributed by atoms with Crippen molar-refractivity contribution in [3.63, 3.8) is 0 Å². The van der Waals surface area contributed by atoms with Gasteiger partial charge >= 0.3 is 5.97 Å². The van der Waals surface area contributed by atoms with Gasteiger partial charge in [0.05, 0.1) is 18.2 Å². The molecule has 0 radical (unpaired) electrons. The number of halogens is 3. The van der Waals surface area contributed by atoms with Gasteiger partial charge in [0.15, 0.2) is 6.23 Å². The number of ether oxygens (including phenoxy) is 1.